The molecule has 6 heteroatoms. The van der Waals surface area contributed by atoms with E-state index in [0.29, 0.717) is 0 Å². The van der Waals surface area contributed by atoms with Crippen LogP contribution in [-0.2, 0) is 20.3 Å². The fourth-order valence-electron chi connectivity index (χ4n) is 3.15. The number of carbonyl (C=O) groups excluding carboxylic acids is 1. The first-order valence-corrected chi connectivity index (χ1v) is 9.51. The standard InChI is InChI=1S/C16H24NO4P/c1-21-15(18)12-16(10-6-3-7-11-16)17-22(19,20)13-14-8-4-2-5-9-14/h2,4-5,8-9H,3,6-7,10-13H2,1H3,(H2,17,19,20). The predicted molar refractivity (Wildman–Crippen MR) is 85.6 cm³/mol. The fraction of sp³-hybridized carbons (Fsp3) is 0.562. The highest BCUT2D eigenvalue weighted by Gasteiger charge is 2.39. The SMILES string of the molecule is COC(=O)CC1(NP(=O)(O)Cc2ccccc2)CCCCC1. The largest absolute Gasteiger partial charge is 0.469 e. The zero-order valence-corrected chi connectivity index (χ0v) is 13.9. The molecule has 122 valence electrons. The number of methoxy groups -OCH3 is 1. The Kier molecular flexibility index (Phi) is 5.79. The summed E-state index contributed by atoms with van der Waals surface area (Å²) in [6, 6.07) is 9.23. The Balaban J connectivity index is 2.11. The third kappa shape index (κ3) is 4.94. The Morgan fingerprint density at radius 3 is 2.50 bits per heavy atom. The van der Waals surface area contributed by atoms with Crippen LogP contribution < -0.4 is 5.09 Å². The van der Waals surface area contributed by atoms with E-state index in [0.717, 1.165) is 37.7 Å². The molecular weight excluding hydrogens is 301 g/mol. The van der Waals surface area contributed by atoms with Crippen molar-refractivity contribution in [1.82, 2.24) is 5.09 Å². The number of esters is 1. The maximum atomic E-state index is 12.6. The van der Waals surface area contributed by atoms with E-state index < -0.39 is 13.1 Å². The van der Waals surface area contributed by atoms with Crippen molar-refractivity contribution in [2.45, 2.75) is 50.2 Å². The second-order valence-electron chi connectivity index (χ2n) is 6.05. The number of benzene rings is 1. The maximum Gasteiger partial charge on any atom is 0.307 e. The van der Waals surface area contributed by atoms with Crippen molar-refractivity contribution >= 4 is 13.5 Å². The van der Waals surface area contributed by atoms with Gasteiger partial charge in [-0.1, -0.05) is 49.6 Å². The Morgan fingerprint density at radius 1 is 1.27 bits per heavy atom. The highest BCUT2D eigenvalue weighted by Crippen LogP contribution is 2.46. The van der Waals surface area contributed by atoms with Crippen LogP contribution in [0.3, 0.4) is 0 Å². The number of rotatable bonds is 6. The molecule has 0 radical (unpaired) electrons. The lowest BCUT2D eigenvalue weighted by molar-refractivity contribution is -0.142. The van der Waals surface area contributed by atoms with E-state index in [1.165, 1.54) is 7.11 Å². The molecule has 1 fully saturated rings. The predicted octanol–water partition coefficient (Wildman–Crippen LogP) is 3.23. The van der Waals surface area contributed by atoms with Crippen LogP contribution in [0, 0.1) is 0 Å². The van der Waals surface area contributed by atoms with Crippen molar-refractivity contribution in [3.05, 3.63) is 35.9 Å². The average Bonchev–Trinajstić information content (AvgIpc) is 2.47. The van der Waals surface area contributed by atoms with Crippen molar-refractivity contribution in [1.29, 1.82) is 0 Å². The van der Waals surface area contributed by atoms with Gasteiger partial charge in [-0.25, -0.2) is 5.09 Å². The quantitative estimate of drug-likeness (QED) is 0.620. The van der Waals surface area contributed by atoms with E-state index in [1.807, 2.05) is 30.3 Å². The lowest BCUT2D eigenvalue weighted by Crippen LogP contribution is -2.47. The summed E-state index contributed by atoms with van der Waals surface area (Å²) < 4.78 is 17.4. The molecule has 1 aromatic carbocycles. The molecule has 0 saturated heterocycles. The Bertz CT molecular complexity index is 540. The first kappa shape index (κ1) is 17.2. The van der Waals surface area contributed by atoms with E-state index in [1.54, 1.807) is 0 Å². The number of carbonyl (C=O) groups is 1. The molecule has 2 N–H and O–H groups in total. The van der Waals surface area contributed by atoms with Crippen LogP contribution in [0.2, 0.25) is 0 Å². The molecule has 5 nitrogen and oxygen atoms in total. The summed E-state index contributed by atoms with van der Waals surface area (Å²) in [4.78, 5) is 22.1. The third-order valence-corrected chi connectivity index (χ3v) is 5.79. The van der Waals surface area contributed by atoms with Gasteiger partial charge < -0.3 is 9.63 Å². The number of nitrogens with one attached hydrogen (secondary N) is 1. The molecule has 0 bridgehead atoms. The molecule has 0 aliphatic heterocycles. The highest BCUT2D eigenvalue weighted by atomic mass is 31.2. The van der Waals surface area contributed by atoms with E-state index in [4.69, 9.17) is 4.74 Å². The van der Waals surface area contributed by atoms with Gasteiger partial charge in [0, 0.05) is 5.54 Å². The molecule has 1 saturated carbocycles. The minimum atomic E-state index is -3.57. The van der Waals surface area contributed by atoms with Gasteiger partial charge in [0.05, 0.1) is 19.7 Å². The van der Waals surface area contributed by atoms with Crippen molar-refractivity contribution < 1.29 is 19.0 Å². The van der Waals surface area contributed by atoms with E-state index >= 15 is 0 Å². The molecule has 1 aliphatic carbocycles. The van der Waals surface area contributed by atoms with E-state index in [9.17, 15) is 14.3 Å². The first-order valence-electron chi connectivity index (χ1n) is 7.67. The molecule has 0 amide bonds. The van der Waals surface area contributed by atoms with Crippen molar-refractivity contribution in [2.75, 3.05) is 7.11 Å². The van der Waals surface area contributed by atoms with Crippen LogP contribution >= 0.6 is 7.52 Å². The molecule has 1 aliphatic rings. The summed E-state index contributed by atoms with van der Waals surface area (Å²) in [5.74, 6) is -0.339. The molecule has 1 aromatic rings. The van der Waals surface area contributed by atoms with Crippen LogP contribution in [0.4, 0.5) is 0 Å². The zero-order chi connectivity index (χ0) is 16.1. The summed E-state index contributed by atoms with van der Waals surface area (Å²) in [6.45, 7) is 0. The highest BCUT2D eigenvalue weighted by molar-refractivity contribution is 7.55. The Morgan fingerprint density at radius 2 is 1.91 bits per heavy atom. The Hall–Kier alpha value is -1.16. The van der Waals surface area contributed by atoms with Gasteiger partial charge in [0.1, 0.15) is 0 Å². The lowest BCUT2D eigenvalue weighted by atomic mass is 9.80. The first-order chi connectivity index (χ1) is 10.4. The van der Waals surface area contributed by atoms with Gasteiger partial charge in [-0.2, -0.15) is 0 Å². The number of ether oxygens (including phenoxy) is 1. The van der Waals surface area contributed by atoms with Gasteiger partial charge in [0.25, 0.3) is 7.52 Å². The summed E-state index contributed by atoms with van der Waals surface area (Å²) in [7, 11) is -2.22. The normalized spacial score (nSPS) is 20.1. The molecule has 1 unspecified atom stereocenters. The van der Waals surface area contributed by atoms with Gasteiger partial charge in [-0.05, 0) is 18.4 Å². The molecule has 0 spiro atoms. The van der Waals surface area contributed by atoms with Crippen LogP contribution in [0.5, 0.6) is 0 Å². The summed E-state index contributed by atoms with van der Waals surface area (Å²) >= 11 is 0. The summed E-state index contributed by atoms with van der Waals surface area (Å²) in [6.07, 6.45) is 4.66. The summed E-state index contributed by atoms with van der Waals surface area (Å²) in [5.41, 5.74) is 0.189. The summed E-state index contributed by atoms with van der Waals surface area (Å²) in [5, 5.41) is 2.93. The number of hydrogen-bond acceptors (Lipinski definition) is 3. The second-order valence-corrected chi connectivity index (χ2v) is 7.99. The topological polar surface area (TPSA) is 75.6 Å². The molecule has 0 aromatic heterocycles. The van der Waals surface area contributed by atoms with Gasteiger partial charge in [0.15, 0.2) is 0 Å². The number of hydrogen-bond donors (Lipinski definition) is 2. The molecule has 1 atom stereocenters. The van der Waals surface area contributed by atoms with Crippen molar-refractivity contribution in [3.63, 3.8) is 0 Å². The van der Waals surface area contributed by atoms with Gasteiger partial charge >= 0.3 is 5.97 Å². The molecular formula is C16H24NO4P. The second kappa shape index (κ2) is 7.40. The van der Waals surface area contributed by atoms with Gasteiger partial charge in [0.2, 0.25) is 0 Å². The van der Waals surface area contributed by atoms with Gasteiger partial charge in [-0.3, -0.25) is 9.36 Å². The molecule has 0 heterocycles. The van der Waals surface area contributed by atoms with Crippen molar-refractivity contribution in [3.8, 4) is 0 Å². The van der Waals surface area contributed by atoms with Crippen LogP contribution in [0.1, 0.15) is 44.1 Å². The fourth-order valence-corrected chi connectivity index (χ4v) is 4.97. The maximum absolute atomic E-state index is 12.6. The average molecular weight is 325 g/mol. The van der Waals surface area contributed by atoms with Crippen LogP contribution in [-0.4, -0.2) is 23.5 Å². The zero-order valence-electron chi connectivity index (χ0n) is 13.0. The smallest absolute Gasteiger partial charge is 0.307 e. The third-order valence-electron chi connectivity index (χ3n) is 4.17. The molecule has 22 heavy (non-hydrogen) atoms. The van der Waals surface area contributed by atoms with E-state index in [-0.39, 0.29) is 18.6 Å². The Labute approximate surface area is 131 Å². The van der Waals surface area contributed by atoms with Crippen molar-refractivity contribution in [2.24, 2.45) is 0 Å². The molecule has 2 rings (SSSR count). The van der Waals surface area contributed by atoms with E-state index in [2.05, 4.69) is 5.09 Å². The minimum absolute atomic E-state index is 0.0662. The van der Waals surface area contributed by atoms with Gasteiger partial charge in [-0.15, -0.1) is 0 Å². The van der Waals surface area contributed by atoms with Crippen LogP contribution in [0.25, 0.3) is 0 Å². The lowest BCUT2D eigenvalue weighted by Gasteiger charge is -2.38. The van der Waals surface area contributed by atoms with Crippen LogP contribution in [0.15, 0.2) is 30.3 Å². The minimum Gasteiger partial charge on any atom is -0.469 e. The monoisotopic (exact) mass is 325 g/mol.